The van der Waals surface area contributed by atoms with Gasteiger partial charge in [0, 0.05) is 12.1 Å². The van der Waals surface area contributed by atoms with Gasteiger partial charge in [-0.05, 0) is 23.8 Å². The molecule has 0 aliphatic carbocycles. The third kappa shape index (κ3) is 2.30. The van der Waals surface area contributed by atoms with Gasteiger partial charge in [-0.25, -0.2) is 0 Å². The van der Waals surface area contributed by atoms with Crippen LogP contribution in [0, 0.1) is 0 Å². The van der Waals surface area contributed by atoms with Crippen LogP contribution < -0.4 is 20.5 Å². The second kappa shape index (κ2) is 5.43. The first-order valence-corrected chi connectivity index (χ1v) is 6.70. The van der Waals surface area contributed by atoms with Gasteiger partial charge in [0.25, 0.3) is 0 Å². The molecule has 0 saturated carbocycles. The Morgan fingerprint density at radius 2 is 2.05 bits per heavy atom. The maximum Gasteiger partial charge on any atom is 0.150 e. The second-order valence-corrected chi connectivity index (χ2v) is 4.77. The van der Waals surface area contributed by atoms with E-state index < -0.39 is 0 Å². The first-order valence-electron chi connectivity index (χ1n) is 6.70. The summed E-state index contributed by atoms with van der Waals surface area (Å²) in [4.78, 5) is 0. The number of hydrogen-bond acceptors (Lipinski definition) is 4. The molecule has 4 heteroatoms. The van der Waals surface area contributed by atoms with Crippen LogP contribution in [0.15, 0.2) is 42.5 Å². The number of methoxy groups -OCH3 is 1. The molecule has 0 amide bonds. The van der Waals surface area contributed by atoms with Crippen LogP contribution in [-0.2, 0) is 0 Å². The van der Waals surface area contributed by atoms with Gasteiger partial charge in [0.2, 0.25) is 0 Å². The van der Waals surface area contributed by atoms with Crippen LogP contribution in [0.5, 0.6) is 11.5 Å². The highest BCUT2D eigenvalue weighted by Gasteiger charge is 2.21. The van der Waals surface area contributed by atoms with Gasteiger partial charge in [-0.15, -0.1) is 0 Å². The Labute approximate surface area is 118 Å². The molecular weight excluding hydrogens is 252 g/mol. The SMILES string of the molecule is COc1ccc(-c2cccc3c2O[C@@H](CN)CN3)cc1. The van der Waals surface area contributed by atoms with Crippen LogP contribution in [0.25, 0.3) is 11.1 Å². The van der Waals surface area contributed by atoms with Gasteiger partial charge in [-0.2, -0.15) is 0 Å². The van der Waals surface area contributed by atoms with E-state index in [1.165, 1.54) is 0 Å². The standard InChI is InChI=1S/C16H18N2O2/c1-19-12-7-5-11(6-8-12)14-3-2-4-15-16(14)20-13(9-17)10-18-15/h2-8,13,18H,9-10,17H2,1H3/t13-/m0/s1. The van der Waals surface area contributed by atoms with E-state index in [1.807, 2.05) is 36.4 Å². The molecule has 2 aromatic rings. The van der Waals surface area contributed by atoms with E-state index >= 15 is 0 Å². The normalized spacial score (nSPS) is 16.8. The number of para-hydroxylation sites is 1. The van der Waals surface area contributed by atoms with E-state index in [-0.39, 0.29) is 6.10 Å². The summed E-state index contributed by atoms with van der Waals surface area (Å²) >= 11 is 0. The Morgan fingerprint density at radius 1 is 1.25 bits per heavy atom. The summed E-state index contributed by atoms with van der Waals surface area (Å²) in [6.45, 7) is 1.25. The lowest BCUT2D eigenvalue weighted by molar-refractivity contribution is 0.215. The minimum atomic E-state index is 0.0156. The van der Waals surface area contributed by atoms with Crippen LogP contribution in [0.1, 0.15) is 0 Å². The van der Waals surface area contributed by atoms with Gasteiger partial charge in [-0.1, -0.05) is 24.3 Å². The molecule has 3 rings (SSSR count). The molecule has 1 heterocycles. The van der Waals surface area contributed by atoms with Crippen molar-refractivity contribution in [2.45, 2.75) is 6.10 Å². The van der Waals surface area contributed by atoms with Gasteiger partial charge in [0.1, 0.15) is 11.9 Å². The van der Waals surface area contributed by atoms with Crippen molar-refractivity contribution in [3.63, 3.8) is 0 Å². The topological polar surface area (TPSA) is 56.5 Å². The molecule has 104 valence electrons. The number of ether oxygens (including phenoxy) is 2. The van der Waals surface area contributed by atoms with Gasteiger partial charge < -0.3 is 20.5 Å². The largest absolute Gasteiger partial charge is 0.497 e. The average Bonchev–Trinajstić information content (AvgIpc) is 2.54. The summed E-state index contributed by atoms with van der Waals surface area (Å²) < 4.78 is 11.2. The summed E-state index contributed by atoms with van der Waals surface area (Å²) in [5, 5.41) is 3.37. The summed E-state index contributed by atoms with van der Waals surface area (Å²) in [5.74, 6) is 1.72. The van der Waals surface area contributed by atoms with Crippen molar-refractivity contribution in [3.05, 3.63) is 42.5 Å². The van der Waals surface area contributed by atoms with E-state index in [1.54, 1.807) is 7.11 Å². The molecule has 1 aliphatic heterocycles. The highest BCUT2D eigenvalue weighted by atomic mass is 16.5. The van der Waals surface area contributed by atoms with Crippen LogP contribution in [-0.4, -0.2) is 26.3 Å². The molecule has 4 nitrogen and oxygen atoms in total. The smallest absolute Gasteiger partial charge is 0.150 e. The van der Waals surface area contributed by atoms with Gasteiger partial charge >= 0.3 is 0 Å². The fourth-order valence-corrected chi connectivity index (χ4v) is 2.36. The number of fused-ring (bicyclic) bond motifs is 1. The lowest BCUT2D eigenvalue weighted by Gasteiger charge is -2.28. The molecule has 1 aliphatic rings. The van der Waals surface area contributed by atoms with Gasteiger partial charge in [0.05, 0.1) is 19.3 Å². The third-order valence-electron chi connectivity index (χ3n) is 3.48. The molecule has 0 unspecified atom stereocenters. The molecule has 0 aromatic heterocycles. The Morgan fingerprint density at radius 3 is 2.75 bits per heavy atom. The Kier molecular flexibility index (Phi) is 3.48. The Bertz CT molecular complexity index is 596. The number of hydrogen-bond donors (Lipinski definition) is 2. The zero-order valence-corrected chi connectivity index (χ0v) is 11.4. The first-order chi connectivity index (χ1) is 9.81. The fraction of sp³-hybridized carbons (Fsp3) is 0.250. The van der Waals surface area contributed by atoms with Crippen LogP contribution in [0.4, 0.5) is 5.69 Å². The van der Waals surface area contributed by atoms with Crippen LogP contribution in [0.2, 0.25) is 0 Å². The molecule has 0 radical (unpaired) electrons. The lowest BCUT2D eigenvalue weighted by Crippen LogP contribution is -2.37. The first kappa shape index (κ1) is 12.8. The molecule has 0 bridgehead atoms. The predicted octanol–water partition coefficient (Wildman–Crippen LogP) is 2.49. The molecule has 2 aromatic carbocycles. The quantitative estimate of drug-likeness (QED) is 0.899. The second-order valence-electron chi connectivity index (χ2n) is 4.77. The summed E-state index contributed by atoms with van der Waals surface area (Å²) in [7, 11) is 1.66. The van der Waals surface area contributed by atoms with E-state index in [0.717, 1.165) is 34.9 Å². The molecule has 1 atom stereocenters. The maximum absolute atomic E-state index is 6.00. The summed E-state index contributed by atoms with van der Waals surface area (Å²) in [6.07, 6.45) is 0.0156. The van der Waals surface area contributed by atoms with E-state index in [0.29, 0.717) is 6.54 Å². The molecule has 3 N–H and O–H groups in total. The van der Waals surface area contributed by atoms with E-state index in [9.17, 15) is 0 Å². The van der Waals surface area contributed by atoms with Gasteiger partial charge in [0.15, 0.2) is 5.75 Å². The third-order valence-corrected chi connectivity index (χ3v) is 3.48. The Hall–Kier alpha value is -2.20. The van der Waals surface area contributed by atoms with Crippen molar-refractivity contribution in [3.8, 4) is 22.6 Å². The van der Waals surface area contributed by atoms with Crippen LogP contribution >= 0.6 is 0 Å². The Balaban J connectivity index is 2.01. The summed E-state index contributed by atoms with van der Waals surface area (Å²) in [5.41, 5.74) is 8.89. The maximum atomic E-state index is 6.00. The molecular formula is C16H18N2O2. The summed E-state index contributed by atoms with van der Waals surface area (Å²) in [6, 6.07) is 14.1. The highest BCUT2D eigenvalue weighted by Crippen LogP contribution is 2.39. The minimum Gasteiger partial charge on any atom is -0.497 e. The van der Waals surface area contributed by atoms with E-state index in [2.05, 4.69) is 11.4 Å². The average molecular weight is 270 g/mol. The van der Waals surface area contributed by atoms with Crippen molar-refractivity contribution in [1.29, 1.82) is 0 Å². The minimum absolute atomic E-state index is 0.0156. The van der Waals surface area contributed by atoms with Crippen molar-refractivity contribution < 1.29 is 9.47 Å². The van der Waals surface area contributed by atoms with E-state index in [4.69, 9.17) is 15.2 Å². The van der Waals surface area contributed by atoms with Gasteiger partial charge in [-0.3, -0.25) is 0 Å². The lowest BCUT2D eigenvalue weighted by atomic mass is 10.0. The number of anilines is 1. The number of nitrogens with one attached hydrogen (secondary N) is 1. The fourth-order valence-electron chi connectivity index (χ4n) is 2.36. The monoisotopic (exact) mass is 270 g/mol. The highest BCUT2D eigenvalue weighted by molar-refractivity contribution is 5.79. The van der Waals surface area contributed by atoms with Crippen molar-refractivity contribution in [2.75, 3.05) is 25.5 Å². The zero-order chi connectivity index (χ0) is 13.9. The zero-order valence-electron chi connectivity index (χ0n) is 11.4. The number of rotatable bonds is 3. The number of benzene rings is 2. The van der Waals surface area contributed by atoms with Crippen molar-refractivity contribution >= 4 is 5.69 Å². The predicted molar refractivity (Wildman–Crippen MR) is 80.4 cm³/mol. The molecule has 0 fully saturated rings. The van der Waals surface area contributed by atoms with Crippen LogP contribution in [0.3, 0.4) is 0 Å². The van der Waals surface area contributed by atoms with Crippen molar-refractivity contribution in [2.24, 2.45) is 5.73 Å². The molecule has 20 heavy (non-hydrogen) atoms. The molecule has 0 saturated heterocycles. The van der Waals surface area contributed by atoms with Crippen molar-refractivity contribution in [1.82, 2.24) is 0 Å². The number of nitrogens with two attached hydrogens (primary N) is 1. The molecule has 0 spiro atoms.